The van der Waals surface area contributed by atoms with Crippen molar-refractivity contribution < 1.29 is 9.90 Å². The van der Waals surface area contributed by atoms with Crippen molar-refractivity contribution in [2.24, 2.45) is 33.5 Å². The van der Waals surface area contributed by atoms with E-state index in [4.69, 9.17) is 0 Å². The second-order valence-corrected chi connectivity index (χ2v) is 9.88. The number of carbonyl (C=O) groups excluding carboxylic acids is 1. The molecule has 2 nitrogen and oxygen atoms in total. The molecule has 0 amide bonds. The van der Waals surface area contributed by atoms with Crippen LogP contribution >= 0.6 is 0 Å². The van der Waals surface area contributed by atoms with Crippen LogP contribution in [0.15, 0.2) is 11.8 Å². The van der Waals surface area contributed by atoms with E-state index in [0.29, 0.717) is 17.6 Å². The van der Waals surface area contributed by atoms with E-state index in [2.05, 4.69) is 55.4 Å². The molecule has 2 aliphatic carbocycles. The molecule has 2 rings (SSSR count). The quantitative estimate of drug-likeness (QED) is 0.517. The standard InChI is InChI=1S/C21H36O2/c1-14-9-11-20(7,18(14,3)4)16(22)13-17(23)21(8)12-10-15(2)19(21,5)6/h13-15,22H,9-12H2,1-8H3/b16-13-/t14-,15+,20+,21+/m1/s1. The van der Waals surface area contributed by atoms with Crippen LogP contribution < -0.4 is 0 Å². The summed E-state index contributed by atoms with van der Waals surface area (Å²) in [6.45, 7) is 17.6. The zero-order chi connectivity index (χ0) is 17.8. The molecule has 0 bridgehead atoms. The average Bonchev–Trinajstić information content (AvgIpc) is 2.79. The summed E-state index contributed by atoms with van der Waals surface area (Å²) in [5.74, 6) is 1.50. The zero-order valence-electron chi connectivity index (χ0n) is 16.4. The first-order chi connectivity index (χ1) is 10.3. The Balaban J connectivity index is 2.34. The fourth-order valence-corrected chi connectivity index (χ4v) is 4.81. The predicted octanol–water partition coefficient (Wildman–Crippen LogP) is 5.92. The van der Waals surface area contributed by atoms with Gasteiger partial charge in [-0.25, -0.2) is 0 Å². The molecular weight excluding hydrogens is 284 g/mol. The summed E-state index contributed by atoms with van der Waals surface area (Å²) in [6.07, 6.45) is 5.65. The Labute approximate surface area is 142 Å². The lowest BCUT2D eigenvalue weighted by molar-refractivity contribution is -0.128. The first-order valence-corrected chi connectivity index (χ1v) is 9.26. The molecule has 23 heavy (non-hydrogen) atoms. The van der Waals surface area contributed by atoms with Gasteiger partial charge in [0.1, 0.15) is 5.76 Å². The molecule has 0 saturated heterocycles. The third-order valence-electron chi connectivity index (χ3n) is 8.84. The topological polar surface area (TPSA) is 37.3 Å². The van der Waals surface area contributed by atoms with Gasteiger partial charge in [-0.1, -0.05) is 55.4 Å². The number of hydrogen-bond acceptors (Lipinski definition) is 2. The number of rotatable bonds is 3. The Morgan fingerprint density at radius 2 is 1.26 bits per heavy atom. The van der Waals surface area contributed by atoms with Gasteiger partial charge in [-0.3, -0.25) is 4.79 Å². The van der Waals surface area contributed by atoms with Gasteiger partial charge in [0.05, 0.1) is 0 Å². The molecule has 0 aromatic carbocycles. The number of allylic oxidation sites excluding steroid dienone is 2. The van der Waals surface area contributed by atoms with E-state index in [1.807, 2.05) is 0 Å². The van der Waals surface area contributed by atoms with Gasteiger partial charge in [0.15, 0.2) is 5.78 Å². The van der Waals surface area contributed by atoms with E-state index in [-0.39, 0.29) is 27.4 Å². The Morgan fingerprint density at radius 1 is 0.870 bits per heavy atom. The monoisotopic (exact) mass is 320 g/mol. The number of aliphatic hydroxyl groups is 1. The molecule has 0 aromatic heterocycles. The Morgan fingerprint density at radius 3 is 1.61 bits per heavy atom. The van der Waals surface area contributed by atoms with Gasteiger partial charge in [-0.05, 0) is 48.3 Å². The summed E-state index contributed by atoms with van der Waals surface area (Å²) in [6, 6.07) is 0. The van der Waals surface area contributed by atoms with Gasteiger partial charge in [-0.15, -0.1) is 0 Å². The molecule has 2 heteroatoms. The molecule has 2 aliphatic rings. The van der Waals surface area contributed by atoms with E-state index in [1.54, 1.807) is 6.08 Å². The molecule has 0 spiro atoms. The number of carbonyl (C=O) groups is 1. The fraction of sp³-hybridized carbons (Fsp3) is 0.857. The molecular formula is C21H36O2. The van der Waals surface area contributed by atoms with Gasteiger partial charge in [0, 0.05) is 16.9 Å². The van der Waals surface area contributed by atoms with Crippen LogP contribution in [-0.4, -0.2) is 10.9 Å². The predicted molar refractivity (Wildman–Crippen MR) is 96.3 cm³/mol. The summed E-state index contributed by atoms with van der Waals surface area (Å²) < 4.78 is 0. The highest BCUT2D eigenvalue weighted by Crippen LogP contribution is 2.60. The maximum Gasteiger partial charge on any atom is 0.165 e. The lowest BCUT2D eigenvalue weighted by Crippen LogP contribution is -2.40. The molecule has 0 radical (unpaired) electrons. The minimum absolute atomic E-state index is 0.00720. The number of aliphatic hydroxyl groups excluding tert-OH is 1. The van der Waals surface area contributed by atoms with Gasteiger partial charge in [-0.2, -0.15) is 0 Å². The van der Waals surface area contributed by atoms with Gasteiger partial charge >= 0.3 is 0 Å². The molecule has 4 atom stereocenters. The van der Waals surface area contributed by atoms with E-state index >= 15 is 0 Å². The third kappa shape index (κ3) is 2.39. The van der Waals surface area contributed by atoms with E-state index < -0.39 is 0 Å². The summed E-state index contributed by atoms with van der Waals surface area (Å²) in [5, 5.41) is 10.9. The summed E-state index contributed by atoms with van der Waals surface area (Å²) in [4.78, 5) is 13.1. The summed E-state index contributed by atoms with van der Waals surface area (Å²) >= 11 is 0. The van der Waals surface area contributed by atoms with Crippen LogP contribution in [0.4, 0.5) is 0 Å². The van der Waals surface area contributed by atoms with Crippen molar-refractivity contribution in [1.29, 1.82) is 0 Å². The highest BCUT2D eigenvalue weighted by Gasteiger charge is 2.55. The van der Waals surface area contributed by atoms with Crippen LogP contribution in [0.3, 0.4) is 0 Å². The Bertz CT molecular complexity index is 528. The molecule has 0 aliphatic heterocycles. The SMILES string of the molecule is C[C@@H]1CC[C@@](C)(/C(O)=C/C(=O)[C@]2(C)CC[C@H](C)C2(C)C)C1(C)C. The minimum Gasteiger partial charge on any atom is -0.512 e. The second-order valence-electron chi connectivity index (χ2n) is 9.88. The first kappa shape index (κ1) is 18.5. The maximum absolute atomic E-state index is 13.1. The Hall–Kier alpha value is -0.790. The second kappa shape index (κ2) is 5.36. The first-order valence-electron chi connectivity index (χ1n) is 9.26. The van der Waals surface area contributed by atoms with Crippen LogP contribution in [0.1, 0.15) is 81.1 Å². The smallest absolute Gasteiger partial charge is 0.165 e. The highest BCUT2D eigenvalue weighted by molar-refractivity contribution is 5.96. The molecule has 2 fully saturated rings. The number of ketones is 1. The molecule has 1 N–H and O–H groups in total. The molecule has 0 aromatic rings. The third-order valence-corrected chi connectivity index (χ3v) is 8.84. The average molecular weight is 321 g/mol. The van der Waals surface area contributed by atoms with E-state index in [9.17, 15) is 9.90 Å². The van der Waals surface area contributed by atoms with Crippen molar-refractivity contribution in [1.82, 2.24) is 0 Å². The maximum atomic E-state index is 13.1. The highest BCUT2D eigenvalue weighted by atomic mass is 16.3. The van der Waals surface area contributed by atoms with Crippen molar-refractivity contribution in [2.45, 2.75) is 81.1 Å². The van der Waals surface area contributed by atoms with Gasteiger partial charge < -0.3 is 5.11 Å². The normalized spacial score (nSPS) is 42.9. The molecule has 0 heterocycles. The van der Waals surface area contributed by atoms with Crippen LogP contribution in [0.5, 0.6) is 0 Å². The Kier molecular flexibility index (Phi) is 4.32. The van der Waals surface area contributed by atoms with E-state index in [1.165, 1.54) is 0 Å². The summed E-state index contributed by atoms with van der Waals surface area (Å²) in [7, 11) is 0. The molecule has 2 saturated carbocycles. The molecule has 132 valence electrons. The van der Waals surface area contributed by atoms with Crippen molar-refractivity contribution >= 4 is 5.78 Å². The minimum atomic E-state index is -0.370. The van der Waals surface area contributed by atoms with Crippen LogP contribution in [0.25, 0.3) is 0 Å². The van der Waals surface area contributed by atoms with Crippen molar-refractivity contribution in [2.75, 3.05) is 0 Å². The largest absolute Gasteiger partial charge is 0.512 e. The zero-order valence-corrected chi connectivity index (χ0v) is 16.4. The van der Waals surface area contributed by atoms with Crippen molar-refractivity contribution in [3.05, 3.63) is 11.8 Å². The van der Waals surface area contributed by atoms with Gasteiger partial charge in [0.2, 0.25) is 0 Å². The van der Waals surface area contributed by atoms with Crippen molar-refractivity contribution in [3.63, 3.8) is 0 Å². The van der Waals surface area contributed by atoms with Crippen LogP contribution in [0.2, 0.25) is 0 Å². The lowest BCUT2D eigenvalue weighted by Gasteiger charge is -2.42. The van der Waals surface area contributed by atoms with Crippen LogP contribution in [0, 0.1) is 33.5 Å². The van der Waals surface area contributed by atoms with Crippen molar-refractivity contribution in [3.8, 4) is 0 Å². The summed E-state index contributed by atoms with van der Waals surface area (Å²) in [5.41, 5.74) is -0.689. The van der Waals surface area contributed by atoms with Crippen LogP contribution in [-0.2, 0) is 4.79 Å². The molecule has 0 unspecified atom stereocenters. The number of hydrogen-bond donors (Lipinski definition) is 1. The lowest BCUT2D eigenvalue weighted by atomic mass is 9.62. The van der Waals surface area contributed by atoms with E-state index in [0.717, 1.165) is 25.7 Å². The van der Waals surface area contributed by atoms with Gasteiger partial charge in [0.25, 0.3) is 0 Å². The fourth-order valence-electron chi connectivity index (χ4n) is 4.81.